The Morgan fingerprint density at radius 3 is 2.49 bits per heavy atom. The molecule has 1 atom stereocenters. The number of aliphatic hydroxyl groups is 1. The van der Waals surface area contributed by atoms with Crippen LogP contribution in [0.15, 0.2) is 12.1 Å². The van der Waals surface area contributed by atoms with Gasteiger partial charge in [-0.25, -0.2) is 0 Å². The number of fused-ring (bicyclic) bond motifs is 1. The maximum Gasteiger partial charge on any atom is 0.309 e. The molecule has 7 heteroatoms. The largest absolute Gasteiger partial charge is 0.490 e. The quantitative estimate of drug-likeness (QED) is 0.399. The van der Waals surface area contributed by atoms with Crippen molar-refractivity contribution in [1.29, 1.82) is 0 Å². The number of thiophene rings is 1. The van der Waals surface area contributed by atoms with Crippen molar-refractivity contribution in [2.24, 2.45) is 11.3 Å². The summed E-state index contributed by atoms with van der Waals surface area (Å²) in [6.07, 6.45) is 4.73. The number of carboxylic acids is 1. The standard InChI is InChI=1S/C30H41NO5S/c1-6-26-24-13-30(4,5)10-9-23(24)28(37-26)25(33)8-7-20-11-18(2)27(19(3)12-20)36-17-22(32)16-31-14-21(15-31)29(34)35/h11-12,21-22,32H,6-10,13-17H2,1-5H3,(H,34,35). The number of carbonyl (C=O) groups is 2. The SMILES string of the molecule is CCc1sc(C(=O)CCc2cc(C)c(OCC(O)CN3CC(C(=O)O)C3)c(C)c2)c2c1CC(C)(C)CC2. The lowest BCUT2D eigenvalue weighted by Gasteiger charge is -2.37. The molecule has 1 aromatic heterocycles. The lowest BCUT2D eigenvalue weighted by atomic mass is 9.74. The Kier molecular flexibility index (Phi) is 8.46. The Bertz CT molecular complexity index is 1140. The van der Waals surface area contributed by atoms with Crippen molar-refractivity contribution in [3.8, 4) is 5.75 Å². The number of ketones is 1. The molecular formula is C30H41NO5S. The molecule has 1 fully saturated rings. The molecule has 2 N–H and O–H groups in total. The fraction of sp³-hybridized carbons (Fsp3) is 0.600. The number of carboxylic acid groups (broad SMARTS) is 1. The van der Waals surface area contributed by atoms with Crippen LogP contribution in [-0.2, 0) is 30.5 Å². The zero-order valence-electron chi connectivity index (χ0n) is 22.9. The summed E-state index contributed by atoms with van der Waals surface area (Å²) in [5, 5.41) is 19.3. The first-order valence-electron chi connectivity index (χ1n) is 13.5. The Morgan fingerprint density at radius 1 is 1.19 bits per heavy atom. The van der Waals surface area contributed by atoms with E-state index in [1.807, 2.05) is 18.7 Å². The predicted octanol–water partition coefficient (Wildman–Crippen LogP) is 5.01. The van der Waals surface area contributed by atoms with E-state index >= 15 is 0 Å². The number of β-amino-alcohol motifs (C(OH)–C–C–N with tert-alkyl or cyclic N) is 1. The van der Waals surface area contributed by atoms with Crippen molar-refractivity contribution in [3.63, 3.8) is 0 Å². The van der Waals surface area contributed by atoms with Gasteiger partial charge >= 0.3 is 5.97 Å². The number of hydrogen-bond donors (Lipinski definition) is 2. The molecule has 1 aliphatic heterocycles. The molecular weight excluding hydrogens is 486 g/mol. The van der Waals surface area contributed by atoms with Crippen LogP contribution in [0.2, 0.25) is 0 Å². The van der Waals surface area contributed by atoms with Crippen LogP contribution in [0.25, 0.3) is 0 Å². The molecule has 1 saturated heterocycles. The van der Waals surface area contributed by atoms with Crippen LogP contribution < -0.4 is 4.74 Å². The molecule has 1 aromatic carbocycles. The topological polar surface area (TPSA) is 87.1 Å². The van der Waals surface area contributed by atoms with Crippen molar-refractivity contribution < 1.29 is 24.5 Å². The van der Waals surface area contributed by atoms with E-state index in [0.29, 0.717) is 37.9 Å². The first kappa shape index (κ1) is 27.8. The fourth-order valence-corrected chi connectivity index (χ4v) is 7.02. The van der Waals surface area contributed by atoms with Crippen molar-refractivity contribution in [2.45, 2.75) is 79.2 Å². The zero-order valence-corrected chi connectivity index (χ0v) is 23.7. The summed E-state index contributed by atoms with van der Waals surface area (Å²) in [5.41, 5.74) is 6.18. The van der Waals surface area contributed by atoms with Crippen LogP contribution in [0.5, 0.6) is 5.75 Å². The average molecular weight is 528 g/mol. The van der Waals surface area contributed by atoms with Crippen LogP contribution in [0.4, 0.5) is 0 Å². The number of carbonyl (C=O) groups excluding carboxylic acids is 1. The van der Waals surface area contributed by atoms with Gasteiger partial charge in [-0.15, -0.1) is 11.3 Å². The van der Waals surface area contributed by atoms with Gasteiger partial charge in [-0.3, -0.25) is 14.5 Å². The second-order valence-corrected chi connectivity index (χ2v) is 12.8. The summed E-state index contributed by atoms with van der Waals surface area (Å²) >= 11 is 1.72. The molecule has 1 unspecified atom stereocenters. The van der Waals surface area contributed by atoms with Crippen LogP contribution in [-0.4, -0.2) is 59.2 Å². The number of aliphatic carboxylic acids is 1. The number of aryl methyl sites for hydroxylation is 4. The van der Waals surface area contributed by atoms with E-state index in [0.717, 1.165) is 53.0 Å². The molecule has 0 radical (unpaired) electrons. The summed E-state index contributed by atoms with van der Waals surface area (Å²) in [6, 6.07) is 4.16. The molecule has 2 aromatic rings. The predicted molar refractivity (Wildman–Crippen MR) is 147 cm³/mol. The van der Waals surface area contributed by atoms with Gasteiger partial charge in [-0.2, -0.15) is 0 Å². The molecule has 2 aliphatic rings. The highest BCUT2D eigenvalue weighted by Crippen LogP contribution is 2.42. The van der Waals surface area contributed by atoms with Gasteiger partial charge in [0.25, 0.3) is 0 Å². The fourth-order valence-electron chi connectivity index (χ4n) is 5.75. The van der Waals surface area contributed by atoms with Gasteiger partial charge in [0.05, 0.1) is 10.8 Å². The molecule has 2 heterocycles. The van der Waals surface area contributed by atoms with Crippen molar-refractivity contribution in [3.05, 3.63) is 49.7 Å². The summed E-state index contributed by atoms with van der Waals surface area (Å²) < 4.78 is 5.96. The average Bonchev–Trinajstić information content (AvgIpc) is 3.15. The number of Topliss-reactive ketones (excluding diaryl/α,β-unsaturated/α-hetero) is 1. The van der Waals surface area contributed by atoms with Crippen molar-refractivity contribution in [1.82, 2.24) is 4.90 Å². The number of hydrogen-bond acceptors (Lipinski definition) is 6. The minimum absolute atomic E-state index is 0.161. The van der Waals surface area contributed by atoms with E-state index in [2.05, 4.69) is 32.9 Å². The third-order valence-corrected chi connectivity index (χ3v) is 9.30. The smallest absolute Gasteiger partial charge is 0.309 e. The van der Waals surface area contributed by atoms with E-state index < -0.39 is 12.1 Å². The summed E-state index contributed by atoms with van der Waals surface area (Å²) in [5.74, 6) is -0.0816. The minimum atomic E-state index is -0.778. The summed E-state index contributed by atoms with van der Waals surface area (Å²) in [7, 11) is 0. The van der Waals surface area contributed by atoms with Gasteiger partial charge in [0.2, 0.25) is 0 Å². The van der Waals surface area contributed by atoms with E-state index in [1.165, 1.54) is 16.0 Å². The molecule has 0 saturated carbocycles. The van der Waals surface area contributed by atoms with Gasteiger partial charge < -0.3 is 14.9 Å². The van der Waals surface area contributed by atoms with E-state index in [-0.39, 0.29) is 18.3 Å². The molecule has 4 rings (SSSR count). The Morgan fingerprint density at radius 2 is 1.86 bits per heavy atom. The molecule has 1 aliphatic carbocycles. The summed E-state index contributed by atoms with van der Waals surface area (Å²) in [6.45, 7) is 12.4. The van der Waals surface area contributed by atoms with Gasteiger partial charge in [0.15, 0.2) is 5.78 Å². The van der Waals surface area contributed by atoms with Gasteiger partial charge in [-0.05, 0) is 79.2 Å². The lowest BCUT2D eigenvalue weighted by molar-refractivity contribution is -0.148. The van der Waals surface area contributed by atoms with E-state index in [9.17, 15) is 14.7 Å². The van der Waals surface area contributed by atoms with Crippen LogP contribution in [0.1, 0.15) is 76.0 Å². The highest BCUT2D eigenvalue weighted by molar-refractivity contribution is 7.14. The van der Waals surface area contributed by atoms with Gasteiger partial charge in [0, 0.05) is 30.9 Å². The summed E-state index contributed by atoms with van der Waals surface area (Å²) in [4.78, 5) is 28.5. The number of aliphatic hydroxyl groups excluding tert-OH is 1. The number of nitrogens with zero attached hydrogens (tertiary/aromatic N) is 1. The van der Waals surface area contributed by atoms with Crippen LogP contribution in [0.3, 0.4) is 0 Å². The van der Waals surface area contributed by atoms with E-state index in [4.69, 9.17) is 9.84 Å². The first-order chi connectivity index (χ1) is 17.5. The second kappa shape index (κ2) is 11.3. The zero-order chi connectivity index (χ0) is 26.9. The van der Waals surface area contributed by atoms with Crippen molar-refractivity contribution >= 4 is 23.1 Å². The minimum Gasteiger partial charge on any atom is -0.490 e. The molecule has 0 bridgehead atoms. The highest BCUT2D eigenvalue weighted by Gasteiger charge is 2.34. The number of likely N-dealkylation sites (tertiary alicyclic amines) is 1. The second-order valence-electron chi connectivity index (χ2n) is 11.7. The molecule has 202 valence electrons. The third-order valence-electron chi connectivity index (χ3n) is 7.84. The number of benzene rings is 1. The maximum absolute atomic E-state index is 13.3. The normalized spacial score (nSPS) is 18.2. The molecule has 6 nitrogen and oxygen atoms in total. The lowest BCUT2D eigenvalue weighted by Crippen LogP contribution is -2.53. The first-order valence-corrected chi connectivity index (χ1v) is 14.3. The molecule has 0 amide bonds. The number of rotatable bonds is 11. The highest BCUT2D eigenvalue weighted by atomic mass is 32.1. The Labute approximate surface area is 224 Å². The van der Waals surface area contributed by atoms with Crippen LogP contribution >= 0.6 is 11.3 Å². The Hall–Kier alpha value is -2.22. The van der Waals surface area contributed by atoms with Crippen LogP contribution in [0, 0.1) is 25.2 Å². The van der Waals surface area contributed by atoms with Gasteiger partial charge in [0.1, 0.15) is 18.5 Å². The monoisotopic (exact) mass is 527 g/mol. The number of ether oxygens (including phenoxy) is 1. The third kappa shape index (κ3) is 6.44. The van der Waals surface area contributed by atoms with Crippen molar-refractivity contribution in [2.75, 3.05) is 26.2 Å². The van der Waals surface area contributed by atoms with E-state index in [1.54, 1.807) is 11.3 Å². The molecule has 37 heavy (non-hydrogen) atoms. The van der Waals surface area contributed by atoms with Gasteiger partial charge in [-0.1, -0.05) is 32.9 Å². The molecule has 0 spiro atoms. The maximum atomic E-state index is 13.3. The Balaban J connectivity index is 1.33.